The van der Waals surface area contributed by atoms with Crippen LogP contribution in [-0.2, 0) is 0 Å². The Bertz CT molecular complexity index is 350. The maximum Gasteiger partial charge on any atom is 0.0990 e. The molecular formula is C14H21NO. The summed E-state index contributed by atoms with van der Waals surface area (Å²) in [6, 6.07) is 3.95. The van der Waals surface area contributed by atoms with E-state index in [1.807, 2.05) is 19.1 Å². The summed E-state index contributed by atoms with van der Waals surface area (Å²) in [7, 11) is 0. The Labute approximate surface area is 97.7 Å². The van der Waals surface area contributed by atoms with E-state index in [4.69, 9.17) is 0 Å². The van der Waals surface area contributed by atoms with E-state index >= 15 is 0 Å². The summed E-state index contributed by atoms with van der Waals surface area (Å²) in [5.74, 6) is 1.15. The van der Waals surface area contributed by atoms with Gasteiger partial charge in [0.15, 0.2) is 0 Å². The number of nitrogens with zero attached hydrogens (tertiary/aromatic N) is 1. The maximum atomic E-state index is 10.4. The quantitative estimate of drug-likeness (QED) is 0.828. The smallest absolute Gasteiger partial charge is 0.0990 e. The molecule has 2 rings (SSSR count). The molecular weight excluding hydrogens is 198 g/mol. The molecule has 1 aromatic rings. The Morgan fingerprint density at radius 1 is 1.44 bits per heavy atom. The van der Waals surface area contributed by atoms with Crippen LogP contribution in [0.3, 0.4) is 0 Å². The van der Waals surface area contributed by atoms with E-state index in [1.165, 1.54) is 12.8 Å². The number of aliphatic hydroxyl groups excluding tert-OH is 1. The van der Waals surface area contributed by atoms with Crippen LogP contribution in [0.25, 0.3) is 0 Å². The minimum absolute atomic E-state index is 0.371. The SMILES string of the molecule is Cc1cccnc1C(O)C1CCCC(C)C1. The number of hydrogen-bond acceptors (Lipinski definition) is 2. The van der Waals surface area contributed by atoms with Crippen molar-refractivity contribution in [1.82, 2.24) is 4.98 Å². The second-order valence-electron chi connectivity index (χ2n) is 5.18. The van der Waals surface area contributed by atoms with Gasteiger partial charge in [-0.05, 0) is 43.2 Å². The van der Waals surface area contributed by atoms with Crippen molar-refractivity contribution in [2.45, 2.75) is 45.6 Å². The minimum atomic E-state index is -0.371. The largest absolute Gasteiger partial charge is 0.387 e. The van der Waals surface area contributed by atoms with Crippen molar-refractivity contribution >= 4 is 0 Å². The topological polar surface area (TPSA) is 33.1 Å². The second kappa shape index (κ2) is 4.96. The molecule has 1 saturated carbocycles. The fourth-order valence-electron chi connectivity index (χ4n) is 2.80. The van der Waals surface area contributed by atoms with Crippen molar-refractivity contribution in [3.05, 3.63) is 29.6 Å². The van der Waals surface area contributed by atoms with Crippen LogP contribution in [0.15, 0.2) is 18.3 Å². The molecule has 1 fully saturated rings. The summed E-state index contributed by atoms with van der Waals surface area (Å²) in [6.07, 6.45) is 6.24. The first-order chi connectivity index (χ1) is 7.68. The Balaban J connectivity index is 2.12. The monoisotopic (exact) mass is 219 g/mol. The number of aryl methyl sites for hydroxylation is 1. The minimum Gasteiger partial charge on any atom is -0.387 e. The lowest BCUT2D eigenvalue weighted by atomic mass is 9.78. The molecule has 0 saturated heterocycles. The third kappa shape index (κ3) is 2.43. The molecule has 1 aliphatic rings. The lowest BCUT2D eigenvalue weighted by molar-refractivity contribution is 0.0675. The van der Waals surface area contributed by atoms with Crippen molar-refractivity contribution in [2.75, 3.05) is 0 Å². The molecule has 0 aromatic carbocycles. The molecule has 3 atom stereocenters. The first-order valence-corrected chi connectivity index (χ1v) is 6.28. The predicted molar refractivity (Wildman–Crippen MR) is 65.1 cm³/mol. The van der Waals surface area contributed by atoms with Crippen LogP contribution in [-0.4, -0.2) is 10.1 Å². The van der Waals surface area contributed by atoms with E-state index in [0.717, 1.165) is 30.0 Å². The van der Waals surface area contributed by atoms with Gasteiger partial charge in [-0.3, -0.25) is 4.98 Å². The van der Waals surface area contributed by atoms with Crippen LogP contribution in [0.2, 0.25) is 0 Å². The molecule has 1 N–H and O–H groups in total. The van der Waals surface area contributed by atoms with Crippen LogP contribution in [0, 0.1) is 18.8 Å². The number of pyridine rings is 1. The van der Waals surface area contributed by atoms with Crippen molar-refractivity contribution in [2.24, 2.45) is 11.8 Å². The molecule has 1 aromatic heterocycles. The van der Waals surface area contributed by atoms with Gasteiger partial charge in [-0.2, -0.15) is 0 Å². The lowest BCUT2D eigenvalue weighted by Crippen LogP contribution is -2.21. The molecule has 0 bridgehead atoms. The standard InChI is InChI=1S/C14H21NO/c1-10-5-3-7-12(9-10)14(16)13-11(2)6-4-8-15-13/h4,6,8,10,12,14,16H,3,5,7,9H2,1-2H3. The van der Waals surface area contributed by atoms with Gasteiger partial charge in [-0.15, -0.1) is 0 Å². The number of hydrogen-bond donors (Lipinski definition) is 1. The summed E-state index contributed by atoms with van der Waals surface area (Å²) in [5.41, 5.74) is 1.98. The normalized spacial score (nSPS) is 27.7. The van der Waals surface area contributed by atoms with Crippen molar-refractivity contribution in [3.8, 4) is 0 Å². The van der Waals surface area contributed by atoms with Gasteiger partial charge in [-0.1, -0.05) is 25.8 Å². The summed E-state index contributed by atoms with van der Waals surface area (Å²) in [4.78, 5) is 4.33. The van der Waals surface area contributed by atoms with E-state index in [1.54, 1.807) is 6.20 Å². The van der Waals surface area contributed by atoms with Crippen LogP contribution < -0.4 is 0 Å². The Kier molecular flexibility index (Phi) is 3.59. The van der Waals surface area contributed by atoms with Gasteiger partial charge in [0.1, 0.15) is 0 Å². The zero-order valence-electron chi connectivity index (χ0n) is 10.2. The summed E-state index contributed by atoms with van der Waals surface area (Å²) >= 11 is 0. The maximum absolute atomic E-state index is 10.4. The van der Waals surface area contributed by atoms with Crippen LogP contribution in [0.4, 0.5) is 0 Å². The molecule has 3 unspecified atom stereocenters. The number of rotatable bonds is 2. The van der Waals surface area contributed by atoms with Gasteiger partial charge in [0.2, 0.25) is 0 Å². The van der Waals surface area contributed by atoms with Gasteiger partial charge < -0.3 is 5.11 Å². The van der Waals surface area contributed by atoms with Crippen LogP contribution in [0.5, 0.6) is 0 Å². The van der Waals surface area contributed by atoms with Gasteiger partial charge in [0.05, 0.1) is 11.8 Å². The van der Waals surface area contributed by atoms with Gasteiger partial charge in [0, 0.05) is 6.20 Å². The molecule has 1 heterocycles. The number of aliphatic hydroxyl groups is 1. The average Bonchev–Trinajstić information content (AvgIpc) is 2.29. The van der Waals surface area contributed by atoms with Crippen molar-refractivity contribution < 1.29 is 5.11 Å². The van der Waals surface area contributed by atoms with Crippen LogP contribution >= 0.6 is 0 Å². The first kappa shape index (κ1) is 11.6. The summed E-state index contributed by atoms with van der Waals surface area (Å²) in [6.45, 7) is 4.31. The third-order valence-corrected chi connectivity index (χ3v) is 3.75. The molecule has 0 amide bonds. The zero-order valence-corrected chi connectivity index (χ0v) is 10.2. The second-order valence-corrected chi connectivity index (χ2v) is 5.18. The molecule has 2 heteroatoms. The first-order valence-electron chi connectivity index (χ1n) is 6.28. The van der Waals surface area contributed by atoms with Crippen molar-refractivity contribution in [3.63, 3.8) is 0 Å². The predicted octanol–water partition coefficient (Wildman–Crippen LogP) is 3.25. The highest BCUT2D eigenvalue weighted by atomic mass is 16.3. The molecule has 0 aliphatic heterocycles. The third-order valence-electron chi connectivity index (χ3n) is 3.75. The molecule has 0 spiro atoms. The fraction of sp³-hybridized carbons (Fsp3) is 0.643. The van der Waals surface area contributed by atoms with E-state index in [2.05, 4.69) is 11.9 Å². The van der Waals surface area contributed by atoms with E-state index in [-0.39, 0.29) is 6.10 Å². The summed E-state index contributed by atoms with van der Waals surface area (Å²) < 4.78 is 0. The van der Waals surface area contributed by atoms with E-state index in [9.17, 15) is 5.11 Å². The van der Waals surface area contributed by atoms with Gasteiger partial charge >= 0.3 is 0 Å². The Morgan fingerprint density at radius 2 is 2.25 bits per heavy atom. The molecule has 1 aliphatic carbocycles. The van der Waals surface area contributed by atoms with E-state index < -0.39 is 0 Å². The average molecular weight is 219 g/mol. The fourth-order valence-corrected chi connectivity index (χ4v) is 2.80. The van der Waals surface area contributed by atoms with Gasteiger partial charge in [0.25, 0.3) is 0 Å². The van der Waals surface area contributed by atoms with Crippen molar-refractivity contribution in [1.29, 1.82) is 0 Å². The summed E-state index contributed by atoms with van der Waals surface area (Å²) in [5, 5.41) is 10.4. The molecule has 2 nitrogen and oxygen atoms in total. The lowest BCUT2D eigenvalue weighted by Gasteiger charge is -2.30. The molecule has 0 radical (unpaired) electrons. The highest BCUT2D eigenvalue weighted by molar-refractivity contribution is 5.20. The number of aromatic nitrogens is 1. The zero-order chi connectivity index (χ0) is 11.5. The molecule has 16 heavy (non-hydrogen) atoms. The highest BCUT2D eigenvalue weighted by Crippen LogP contribution is 2.37. The Hall–Kier alpha value is -0.890. The van der Waals surface area contributed by atoms with E-state index in [0.29, 0.717) is 5.92 Å². The van der Waals surface area contributed by atoms with Crippen LogP contribution in [0.1, 0.15) is 50.0 Å². The Morgan fingerprint density at radius 3 is 2.94 bits per heavy atom. The highest BCUT2D eigenvalue weighted by Gasteiger charge is 2.27. The van der Waals surface area contributed by atoms with Gasteiger partial charge in [-0.25, -0.2) is 0 Å². The molecule has 88 valence electrons.